The molecule has 4 aromatic carbocycles. The van der Waals surface area contributed by atoms with E-state index in [2.05, 4.69) is 25.9 Å². The van der Waals surface area contributed by atoms with E-state index in [9.17, 15) is 34.2 Å². The van der Waals surface area contributed by atoms with E-state index in [1.807, 2.05) is 88.0 Å². The zero-order chi connectivity index (χ0) is 60.2. The van der Waals surface area contributed by atoms with Crippen molar-refractivity contribution < 1.29 is 52.8 Å². The van der Waals surface area contributed by atoms with Gasteiger partial charge in [-0.2, -0.15) is 4.98 Å². The Balaban J connectivity index is 0.730. The monoisotopic (exact) mass is 1190 g/mol. The van der Waals surface area contributed by atoms with Crippen LogP contribution in [-0.4, -0.2) is 181 Å². The van der Waals surface area contributed by atoms with Crippen molar-refractivity contribution in [2.45, 2.75) is 91.0 Å². The zero-order valence-electron chi connectivity index (χ0n) is 48.7. The number of aryl methyl sites for hydroxylation is 1. The molecular formula is C61H76ClFN10O10S. The van der Waals surface area contributed by atoms with E-state index in [0.29, 0.717) is 86.2 Å². The van der Waals surface area contributed by atoms with Gasteiger partial charge in [0.05, 0.1) is 59.7 Å². The molecule has 0 bridgehead atoms. The Bertz CT molecular complexity index is 3300. The largest absolute Gasteiger partial charge is 0.508 e. The van der Waals surface area contributed by atoms with Gasteiger partial charge in [-0.05, 0) is 77.8 Å². The molecule has 5 amide bonds. The van der Waals surface area contributed by atoms with Crippen LogP contribution in [0.4, 0.5) is 16.2 Å². The summed E-state index contributed by atoms with van der Waals surface area (Å²) in [5, 5.41) is 32.1. The standard InChI is InChI=1S/C61H76ClFN10O10S/c1-37(39-15-17-40(18-16-39)55-38(2)65-36-84-55)66-58(79)48-32-43(75)34-73(48)59(80)56(61(3,4)5)67-49(76)35-83-29-28-82-27-26-81-25-11-10-14-51(78)71-21-23-72(24-22-71)57-46-33-47(62)52(45-31-42(74)30-41-12-8-9-13-44(41)45)53(63)54(46)68-60(69-57)64-20-19-50(77)70(6)7/h8-9,12-13,15-18,30-31,33,36-37,43,48,56,74-75H,10-11,14,19-29,32,34-35H2,1-7H3,(H,66,79)(H,67,76)(H,64,68,69)/t37-,43+,48-,56+/m0/s1. The first-order chi connectivity index (χ1) is 40.2. The molecule has 4 atom stereocenters. The first-order valence-corrected chi connectivity index (χ1v) is 29.6. The third kappa shape index (κ3) is 15.8. The molecule has 2 fully saturated rings. The van der Waals surface area contributed by atoms with E-state index in [1.165, 1.54) is 15.9 Å². The molecule has 6 aromatic rings. The molecule has 0 saturated carbocycles. The van der Waals surface area contributed by atoms with Crippen molar-refractivity contribution in [3.8, 4) is 27.3 Å². The number of benzene rings is 4. The lowest BCUT2D eigenvalue weighted by molar-refractivity contribution is -0.144. The third-order valence-corrected chi connectivity index (χ3v) is 16.3. The number of thiazole rings is 1. The number of likely N-dealkylation sites (tertiary alicyclic amines) is 1. The Labute approximate surface area is 498 Å². The normalized spacial score (nSPS) is 16.2. The number of phenols is 1. The summed E-state index contributed by atoms with van der Waals surface area (Å²) < 4.78 is 33.9. The number of fused-ring (bicyclic) bond motifs is 2. The number of rotatable bonds is 25. The van der Waals surface area contributed by atoms with Crippen LogP contribution in [0.5, 0.6) is 5.75 Å². The molecule has 84 heavy (non-hydrogen) atoms. The van der Waals surface area contributed by atoms with Crippen molar-refractivity contribution in [3.05, 3.63) is 94.3 Å². The van der Waals surface area contributed by atoms with Gasteiger partial charge in [-0.25, -0.2) is 14.4 Å². The number of aliphatic hydroxyl groups is 1. The van der Waals surface area contributed by atoms with E-state index in [4.69, 9.17) is 30.8 Å². The fourth-order valence-corrected chi connectivity index (χ4v) is 11.5. The van der Waals surface area contributed by atoms with E-state index in [1.54, 1.807) is 48.0 Å². The lowest BCUT2D eigenvalue weighted by atomic mass is 9.85. The number of amides is 5. The van der Waals surface area contributed by atoms with Crippen LogP contribution in [-0.2, 0) is 38.2 Å². The quantitative estimate of drug-likeness (QED) is 0.0349. The predicted molar refractivity (Wildman–Crippen MR) is 322 cm³/mol. The number of aromatic hydroxyl groups is 1. The highest BCUT2D eigenvalue weighted by Gasteiger charge is 2.45. The van der Waals surface area contributed by atoms with E-state index in [0.717, 1.165) is 21.7 Å². The fraction of sp³-hybridized carbons (Fsp3) is 0.475. The molecule has 0 spiro atoms. The maximum atomic E-state index is 17.0. The molecule has 450 valence electrons. The number of nitrogens with one attached hydrogen (secondary N) is 3. The van der Waals surface area contributed by atoms with Gasteiger partial charge in [0, 0.05) is 90.2 Å². The number of aromatic nitrogens is 3. The fourth-order valence-electron chi connectivity index (χ4n) is 10.4. The van der Waals surface area contributed by atoms with Crippen LogP contribution in [0.1, 0.15) is 77.1 Å². The summed E-state index contributed by atoms with van der Waals surface area (Å²) in [7, 11) is 3.34. The number of carbonyl (C=O) groups excluding carboxylic acids is 5. The number of phenolic OH excluding ortho intramolecular Hbond substituents is 1. The molecule has 2 aliphatic rings. The van der Waals surface area contributed by atoms with Crippen LogP contribution < -0.4 is 20.9 Å². The summed E-state index contributed by atoms with van der Waals surface area (Å²) in [6.07, 6.45) is 0.945. The molecule has 4 heterocycles. The smallest absolute Gasteiger partial charge is 0.246 e. The highest BCUT2D eigenvalue weighted by atomic mass is 35.5. The summed E-state index contributed by atoms with van der Waals surface area (Å²) in [5.41, 5.74) is 4.45. The highest BCUT2D eigenvalue weighted by molar-refractivity contribution is 7.13. The number of halogens is 2. The second-order valence-electron chi connectivity index (χ2n) is 22.5. The number of unbranched alkanes of at least 4 members (excludes halogenated alkanes) is 1. The van der Waals surface area contributed by atoms with Gasteiger partial charge >= 0.3 is 0 Å². The summed E-state index contributed by atoms with van der Waals surface area (Å²) in [6.45, 7) is 12.1. The van der Waals surface area contributed by atoms with E-state index >= 15 is 4.39 Å². The van der Waals surface area contributed by atoms with Crippen molar-refractivity contribution >= 4 is 85.9 Å². The Kier molecular flexibility index (Phi) is 21.5. The van der Waals surface area contributed by atoms with Crippen LogP contribution in [0.15, 0.2) is 72.2 Å². The minimum absolute atomic E-state index is 0.0106. The molecule has 0 aliphatic carbocycles. The van der Waals surface area contributed by atoms with Gasteiger partial charge in [0.15, 0.2) is 5.82 Å². The molecule has 2 aromatic heterocycles. The minimum Gasteiger partial charge on any atom is -0.508 e. The highest BCUT2D eigenvalue weighted by Crippen LogP contribution is 2.42. The van der Waals surface area contributed by atoms with Crippen molar-refractivity contribution in [2.24, 2.45) is 5.41 Å². The number of carbonyl (C=O) groups is 5. The number of anilines is 2. The Morgan fingerprint density at radius 3 is 2.27 bits per heavy atom. The Morgan fingerprint density at radius 1 is 0.881 bits per heavy atom. The molecule has 20 nitrogen and oxygen atoms in total. The summed E-state index contributed by atoms with van der Waals surface area (Å²) in [6, 6.07) is 17.6. The number of piperazine rings is 1. The number of ether oxygens (including phenoxy) is 3. The number of hydrogen-bond donors (Lipinski definition) is 5. The average molecular weight is 1200 g/mol. The van der Waals surface area contributed by atoms with Crippen molar-refractivity contribution in [1.82, 2.24) is 40.3 Å². The molecule has 2 aliphatic heterocycles. The maximum absolute atomic E-state index is 17.0. The third-order valence-electron chi connectivity index (χ3n) is 15.0. The molecule has 2 saturated heterocycles. The van der Waals surface area contributed by atoms with Gasteiger partial charge in [-0.15, -0.1) is 11.3 Å². The van der Waals surface area contributed by atoms with Crippen LogP contribution in [0.25, 0.3) is 43.2 Å². The number of aliphatic hydroxyl groups excluding tert-OH is 1. The van der Waals surface area contributed by atoms with Gasteiger partial charge < -0.3 is 60.0 Å². The summed E-state index contributed by atoms with van der Waals surface area (Å²) >= 11 is 8.47. The van der Waals surface area contributed by atoms with Crippen molar-refractivity contribution in [3.63, 3.8) is 0 Å². The second-order valence-corrected chi connectivity index (χ2v) is 23.7. The van der Waals surface area contributed by atoms with Crippen molar-refractivity contribution in [2.75, 3.05) is 103 Å². The van der Waals surface area contributed by atoms with Crippen LogP contribution in [0, 0.1) is 18.2 Å². The van der Waals surface area contributed by atoms with E-state index in [-0.39, 0.29) is 98.0 Å². The number of nitrogens with zero attached hydrogens (tertiary/aromatic N) is 7. The summed E-state index contributed by atoms with van der Waals surface area (Å²) in [4.78, 5) is 88.0. The van der Waals surface area contributed by atoms with Gasteiger partial charge in [0.2, 0.25) is 35.5 Å². The minimum atomic E-state index is -1.00. The lowest BCUT2D eigenvalue weighted by Gasteiger charge is -2.36. The first kappa shape index (κ1) is 63.0. The molecule has 0 unspecified atom stereocenters. The topological polar surface area (TPSA) is 241 Å². The predicted octanol–water partition coefficient (Wildman–Crippen LogP) is 7.51. The Hall–Kier alpha value is -7.08. The second kappa shape index (κ2) is 28.7. The van der Waals surface area contributed by atoms with Gasteiger partial charge in [-0.1, -0.05) is 80.9 Å². The molecular weight excluding hydrogens is 1120 g/mol. The molecule has 8 rings (SSSR count). The molecule has 5 N–H and O–H groups in total. The van der Waals surface area contributed by atoms with Crippen molar-refractivity contribution in [1.29, 1.82) is 0 Å². The SMILES string of the molecule is Cc1ncsc1-c1ccc([C@H](C)NC(=O)[C@@H]2C[C@@H](O)CN2C(=O)[C@@H](NC(=O)COCCOCCOCCCCC(=O)N2CCN(c3nc(NCCC(=O)N(C)C)nc4c(F)c(-c5cc(O)cc6ccccc56)c(Cl)cc34)CC2)C(C)(C)C)cc1. The zero-order valence-corrected chi connectivity index (χ0v) is 50.3. The Morgan fingerprint density at radius 2 is 1.58 bits per heavy atom. The van der Waals surface area contributed by atoms with E-state index < -0.39 is 47.1 Å². The molecule has 23 heteroatoms. The van der Waals surface area contributed by atoms with Gasteiger partial charge in [-0.3, -0.25) is 24.0 Å². The van der Waals surface area contributed by atoms with Gasteiger partial charge in [0.1, 0.15) is 35.8 Å². The summed E-state index contributed by atoms with van der Waals surface area (Å²) in [5.74, 6) is -1.62. The average Bonchev–Trinajstić information content (AvgIpc) is 1.41. The van der Waals surface area contributed by atoms with Crippen LogP contribution >= 0.6 is 22.9 Å². The van der Waals surface area contributed by atoms with Gasteiger partial charge in [0.25, 0.3) is 0 Å². The number of hydrogen-bond acceptors (Lipinski definition) is 16. The first-order valence-electron chi connectivity index (χ1n) is 28.4. The van der Waals surface area contributed by atoms with Crippen LogP contribution in [0.3, 0.4) is 0 Å². The van der Waals surface area contributed by atoms with Crippen LogP contribution in [0.2, 0.25) is 5.02 Å². The molecule has 0 radical (unpaired) electrons. The maximum Gasteiger partial charge on any atom is 0.246 e. The lowest BCUT2D eigenvalue weighted by Crippen LogP contribution is -2.58. The number of β-amino-alcohol motifs (C(OH)–C–C–N with tert-alkyl or cyclic N) is 1.